The molecule has 5 nitrogen and oxygen atoms in total. The largest absolute Gasteiger partial charge is 0.427 e. The van der Waals surface area contributed by atoms with Gasteiger partial charge >= 0.3 is 5.97 Å². The van der Waals surface area contributed by atoms with Gasteiger partial charge in [0.15, 0.2) is 0 Å². The van der Waals surface area contributed by atoms with Gasteiger partial charge < -0.3 is 15.0 Å². The summed E-state index contributed by atoms with van der Waals surface area (Å²) >= 11 is 0. The summed E-state index contributed by atoms with van der Waals surface area (Å²) in [5.74, 6) is 0.789. The van der Waals surface area contributed by atoms with Crippen molar-refractivity contribution in [3.05, 3.63) is 77.9 Å². The van der Waals surface area contributed by atoms with E-state index in [-0.39, 0.29) is 23.3 Å². The normalized spacial score (nSPS) is 24.9. The number of carbonyl (C=O) groups excluding carboxylic acids is 2. The van der Waals surface area contributed by atoms with E-state index in [1.165, 1.54) is 12.5 Å². The minimum Gasteiger partial charge on any atom is -0.427 e. The molecule has 1 heterocycles. The van der Waals surface area contributed by atoms with Crippen LogP contribution in [0.25, 0.3) is 10.8 Å². The molecule has 0 spiro atoms. The van der Waals surface area contributed by atoms with E-state index in [1.54, 1.807) is 0 Å². The fourth-order valence-electron chi connectivity index (χ4n) is 6.07. The number of nitrogens with one attached hydrogen (secondary N) is 1. The van der Waals surface area contributed by atoms with Crippen LogP contribution in [0.15, 0.2) is 66.7 Å². The topological polar surface area (TPSA) is 58.6 Å². The van der Waals surface area contributed by atoms with Crippen LogP contribution in [0, 0.1) is 5.92 Å². The molecule has 5 rings (SSSR count). The predicted octanol–water partition coefficient (Wildman–Crippen LogP) is 4.94. The zero-order valence-corrected chi connectivity index (χ0v) is 19.9. The number of amides is 1. The molecule has 5 heteroatoms. The van der Waals surface area contributed by atoms with Gasteiger partial charge in [0.05, 0.1) is 0 Å². The van der Waals surface area contributed by atoms with Crippen molar-refractivity contribution < 1.29 is 14.3 Å². The lowest BCUT2D eigenvalue weighted by Gasteiger charge is -2.52. The summed E-state index contributed by atoms with van der Waals surface area (Å²) in [5.41, 5.74) is 1.88. The highest BCUT2D eigenvalue weighted by atomic mass is 16.5. The Hall–Kier alpha value is -3.18. The molecule has 2 aliphatic rings. The van der Waals surface area contributed by atoms with Crippen molar-refractivity contribution in [1.82, 2.24) is 10.2 Å². The molecular formula is C29H32N2O3. The number of esters is 1. The average Bonchev–Trinajstić information content (AvgIpc) is 2.83. The number of likely N-dealkylation sites (tertiary alicyclic amines) is 1. The predicted molar refractivity (Wildman–Crippen MR) is 134 cm³/mol. The summed E-state index contributed by atoms with van der Waals surface area (Å²) < 4.78 is 5.41. The summed E-state index contributed by atoms with van der Waals surface area (Å²) in [5, 5.41) is 5.56. The lowest BCUT2D eigenvalue weighted by Crippen LogP contribution is -2.55. The summed E-state index contributed by atoms with van der Waals surface area (Å²) in [7, 11) is 2.19. The summed E-state index contributed by atoms with van der Waals surface area (Å²) in [6.45, 7) is 3.49. The molecule has 3 aromatic carbocycles. The van der Waals surface area contributed by atoms with Crippen LogP contribution in [0.4, 0.5) is 0 Å². The van der Waals surface area contributed by atoms with E-state index in [0.717, 1.165) is 49.5 Å². The van der Waals surface area contributed by atoms with Crippen LogP contribution in [0.2, 0.25) is 0 Å². The molecular weight excluding hydrogens is 424 g/mol. The number of nitrogens with zero attached hydrogens (tertiary/aromatic N) is 1. The Balaban J connectivity index is 1.40. The van der Waals surface area contributed by atoms with E-state index in [4.69, 9.17) is 4.74 Å². The fourth-order valence-corrected chi connectivity index (χ4v) is 6.07. The Labute approximate surface area is 201 Å². The Morgan fingerprint density at radius 2 is 1.82 bits per heavy atom. The van der Waals surface area contributed by atoms with Gasteiger partial charge in [0.2, 0.25) is 0 Å². The standard InChI is InChI=1S/C29H32N2O3/c1-20(32)34-27-9-5-8-24(17-27)29-14-15-31(2)19-25(29)12-13-26(18-29)30-28(33)23-11-10-21-6-3-4-7-22(21)16-23/h3-11,16-17,25-26H,12-15,18-19H2,1-2H3,(H,30,33)/t25-,26+,29+/m1/s1. The van der Waals surface area contributed by atoms with Crippen molar-refractivity contribution in [2.75, 3.05) is 20.1 Å². The minimum absolute atomic E-state index is 0.00838. The maximum absolute atomic E-state index is 13.2. The Bertz CT molecular complexity index is 1220. The van der Waals surface area contributed by atoms with E-state index in [1.807, 2.05) is 54.6 Å². The molecule has 0 bridgehead atoms. The van der Waals surface area contributed by atoms with Gasteiger partial charge in [-0.1, -0.05) is 42.5 Å². The Morgan fingerprint density at radius 3 is 2.65 bits per heavy atom. The smallest absolute Gasteiger partial charge is 0.308 e. The van der Waals surface area contributed by atoms with E-state index in [0.29, 0.717) is 17.2 Å². The van der Waals surface area contributed by atoms with Crippen molar-refractivity contribution in [3.8, 4) is 5.75 Å². The first-order valence-electron chi connectivity index (χ1n) is 12.2. The van der Waals surface area contributed by atoms with Crippen molar-refractivity contribution in [1.29, 1.82) is 0 Å². The number of benzene rings is 3. The second-order valence-corrected chi connectivity index (χ2v) is 10.0. The quantitative estimate of drug-likeness (QED) is 0.446. The van der Waals surface area contributed by atoms with Crippen molar-refractivity contribution in [2.24, 2.45) is 5.92 Å². The highest BCUT2D eigenvalue weighted by molar-refractivity contribution is 5.98. The maximum atomic E-state index is 13.2. The Morgan fingerprint density at radius 1 is 1.00 bits per heavy atom. The molecule has 3 atom stereocenters. The molecule has 1 aliphatic heterocycles. The van der Waals surface area contributed by atoms with Gasteiger partial charge in [0.25, 0.3) is 5.91 Å². The molecule has 1 aliphatic carbocycles. The highest BCUT2D eigenvalue weighted by Gasteiger charge is 2.48. The summed E-state index contributed by atoms with van der Waals surface area (Å²) in [4.78, 5) is 27.2. The number of carbonyl (C=O) groups is 2. The molecule has 3 aromatic rings. The lowest BCUT2D eigenvalue weighted by molar-refractivity contribution is -0.131. The molecule has 0 aromatic heterocycles. The van der Waals surface area contributed by atoms with Crippen LogP contribution in [-0.4, -0.2) is 43.0 Å². The summed E-state index contributed by atoms with van der Waals surface area (Å²) in [6.07, 6.45) is 3.96. The van der Waals surface area contributed by atoms with Crippen molar-refractivity contribution in [3.63, 3.8) is 0 Å². The first-order valence-corrected chi connectivity index (χ1v) is 12.2. The zero-order chi connectivity index (χ0) is 23.7. The number of piperidine rings is 1. The number of hydrogen-bond acceptors (Lipinski definition) is 4. The van der Waals surface area contributed by atoms with Gasteiger partial charge in [-0.3, -0.25) is 9.59 Å². The van der Waals surface area contributed by atoms with Crippen LogP contribution in [0.3, 0.4) is 0 Å². The van der Waals surface area contributed by atoms with E-state index >= 15 is 0 Å². The maximum Gasteiger partial charge on any atom is 0.308 e. The van der Waals surface area contributed by atoms with Gasteiger partial charge in [-0.05, 0) is 85.8 Å². The average molecular weight is 457 g/mol. The van der Waals surface area contributed by atoms with Gasteiger partial charge in [0.1, 0.15) is 5.75 Å². The first-order chi connectivity index (χ1) is 16.4. The molecule has 2 fully saturated rings. The van der Waals surface area contributed by atoms with Gasteiger partial charge in [-0.2, -0.15) is 0 Å². The third-order valence-corrected chi connectivity index (χ3v) is 7.74. The monoisotopic (exact) mass is 456 g/mol. The Kier molecular flexibility index (Phi) is 6.13. The second kappa shape index (κ2) is 9.22. The van der Waals surface area contributed by atoms with Crippen LogP contribution >= 0.6 is 0 Å². The molecule has 1 N–H and O–H groups in total. The fraction of sp³-hybridized carbons (Fsp3) is 0.379. The van der Waals surface area contributed by atoms with E-state index < -0.39 is 0 Å². The van der Waals surface area contributed by atoms with Crippen LogP contribution in [0.5, 0.6) is 5.75 Å². The van der Waals surface area contributed by atoms with E-state index in [2.05, 4.69) is 29.4 Å². The third kappa shape index (κ3) is 4.45. The number of rotatable bonds is 4. The molecule has 0 unspecified atom stereocenters. The number of hydrogen-bond donors (Lipinski definition) is 1. The van der Waals surface area contributed by atoms with Gasteiger partial charge in [-0.15, -0.1) is 0 Å². The number of fused-ring (bicyclic) bond motifs is 2. The minimum atomic E-state index is -0.307. The molecule has 1 saturated heterocycles. The summed E-state index contributed by atoms with van der Waals surface area (Å²) in [6, 6.07) is 22.1. The van der Waals surface area contributed by atoms with Crippen LogP contribution < -0.4 is 10.1 Å². The van der Waals surface area contributed by atoms with Gasteiger partial charge in [0, 0.05) is 30.5 Å². The van der Waals surface area contributed by atoms with Crippen LogP contribution in [0.1, 0.15) is 48.5 Å². The first kappa shape index (κ1) is 22.6. The van der Waals surface area contributed by atoms with Gasteiger partial charge in [-0.25, -0.2) is 0 Å². The zero-order valence-electron chi connectivity index (χ0n) is 19.9. The molecule has 1 amide bonds. The second-order valence-electron chi connectivity index (χ2n) is 10.0. The van der Waals surface area contributed by atoms with Crippen LogP contribution in [-0.2, 0) is 10.2 Å². The van der Waals surface area contributed by atoms with Crippen molar-refractivity contribution >= 4 is 22.6 Å². The number of ether oxygens (including phenoxy) is 1. The molecule has 34 heavy (non-hydrogen) atoms. The molecule has 1 saturated carbocycles. The molecule has 0 radical (unpaired) electrons. The third-order valence-electron chi connectivity index (χ3n) is 7.74. The lowest BCUT2D eigenvalue weighted by atomic mass is 9.58. The SMILES string of the molecule is CC(=O)Oc1cccc([C@@]23CCN(C)C[C@H]2CC[C@H](NC(=O)c2ccc4ccccc4c2)C3)c1. The van der Waals surface area contributed by atoms with E-state index in [9.17, 15) is 9.59 Å². The van der Waals surface area contributed by atoms with Crippen molar-refractivity contribution in [2.45, 2.75) is 44.1 Å². The highest BCUT2D eigenvalue weighted by Crippen LogP contribution is 2.49. The molecule has 176 valence electrons.